The number of hydrogen-bond donors (Lipinski definition) is 1. The number of rotatable bonds is 2. The Kier molecular flexibility index (Phi) is 2.32. The van der Waals surface area contributed by atoms with Gasteiger partial charge in [0.1, 0.15) is 0 Å². The molecule has 1 atom stereocenters. The van der Waals surface area contributed by atoms with Crippen molar-refractivity contribution in [1.82, 2.24) is 9.78 Å². The van der Waals surface area contributed by atoms with Crippen LogP contribution in [0.1, 0.15) is 25.8 Å². The summed E-state index contributed by atoms with van der Waals surface area (Å²) in [7, 11) is 1.53. The molecule has 0 amide bonds. The second-order valence-electron chi connectivity index (χ2n) is 3.10. The molecular weight excluding hydrogens is 158 g/mol. The smallest absolute Gasteiger partial charge is 0.391 e. The van der Waals surface area contributed by atoms with Gasteiger partial charge in [-0.25, -0.2) is 4.79 Å². The zero-order valence-corrected chi connectivity index (χ0v) is 7.44. The van der Waals surface area contributed by atoms with Crippen LogP contribution in [0.3, 0.4) is 0 Å². The highest BCUT2D eigenvalue weighted by atomic mass is 16.4. The number of nitrogens with zero attached hydrogens (tertiary/aromatic N) is 2. The van der Waals surface area contributed by atoms with E-state index in [2.05, 4.69) is 5.10 Å². The Bertz CT molecular complexity index is 313. The lowest BCUT2D eigenvalue weighted by Gasteiger charge is -2.09. The van der Waals surface area contributed by atoms with Crippen LogP contribution >= 0.6 is 0 Å². The maximum Gasteiger partial charge on any atom is 0.436 e. The summed E-state index contributed by atoms with van der Waals surface area (Å²) in [6.07, 6.45) is 0. The molecule has 0 aliphatic rings. The van der Waals surface area contributed by atoms with Crippen molar-refractivity contribution >= 4 is 0 Å². The van der Waals surface area contributed by atoms with Crippen LogP contribution in [0.2, 0.25) is 0 Å². The predicted octanol–water partition coefficient (Wildman–Crippen LogP) is 0.0291. The Labute approximate surface area is 70.2 Å². The van der Waals surface area contributed by atoms with Crippen molar-refractivity contribution in [2.75, 3.05) is 0 Å². The average molecular weight is 171 g/mol. The summed E-state index contributed by atoms with van der Waals surface area (Å²) in [6.45, 7) is 3.89. The van der Waals surface area contributed by atoms with Crippen molar-refractivity contribution in [3.8, 4) is 0 Å². The van der Waals surface area contributed by atoms with Gasteiger partial charge in [-0.05, 0) is 5.92 Å². The Morgan fingerprint density at radius 1 is 1.58 bits per heavy atom. The van der Waals surface area contributed by atoms with Crippen LogP contribution < -0.4 is 11.5 Å². The second kappa shape index (κ2) is 3.10. The van der Waals surface area contributed by atoms with Gasteiger partial charge in [-0.15, -0.1) is 5.10 Å². The molecule has 0 radical (unpaired) electrons. The second-order valence-corrected chi connectivity index (χ2v) is 3.10. The molecule has 0 spiro atoms. The van der Waals surface area contributed by atoms with E-state index < -0.39 is 5.76 Å². The SMILES string of the molecule is CC(C)C(N)c1nn(C)c(=O)o1. The highest BCUT2D eigenvalue weighted by Crippen LogP contribution is 2.14. The Balaban J connectivity index is 2.96. The van der Waals surface area contributed by atoms with Gasteiger partial charge in [0.05, 0.1) is 6.04 Å². The summed E-state index contributed by atoms with van der Waals surface area (Å²) in [5, 5.41) is 3.84. The molecule has 68 valence electrons. The van der Waals surface area contributed by atoms with Crippen molar-refractivity contribution in [2.24, 2.45) is 18.7 Å². The molecule has 1 heterocycles. The maximum atomic E-state index is 10.8. The minimum atomic E-state index is -0.471. The van der Waals surface area contributed by atoms with Crippen LogP contribution in [0.15, 0.2) is 9.21 Å². The standard InChI is InChI=1S/C7H13N3O2/c1-4(2)5(8)6-9-10(3)7(11)12-6/h4-5H,8H2,1-3H3. The van der Waals surface area contributed by atoms with Gasteiger partial charge >= 0.3 is 5.76 Å². The maximum absolute atomic E-state index is 10.8. The molecule has 1 unspecified atom stereocenters. The molecule has 1 rings (SSSR count). The van der Waals surface area contributed by atoms with E-state index in [1.165, 1.54) is 7.05 Å². The molecule has 1 aromatic rings. The van der Waals surface area contributed by atoms with Crippen molar-refractivity contribution < 1.29 is 4.42 Å². The molecule has 5 heteroatoms. The van der Waals surface area contributed by atoms with E-state index in [4.69, 9.17) is 10.2 Å². The van der Waals surface area contributed by atoms with Crippen LogP contribution in [-0.4, -0.2) is 9.78 Å². The molecular formula is C7H13N3O2. The van der Waals surface area contributed by atoms with E-state index in [0.29, 0.717) is 5.89 Å². The topological polar surface area (TPSA) is 74.0 Å². The van der Waals surface area contributed by atoms with E-state index in [-0.39, 0.29) is 12.0 Å². The van der Waals surface area contributed by atoms with Crippen molar-refractivity contribution in [3.05, 3.63) is 16.4 Å². The summed E-state index contributed by atoms with van der Waals surface area (Å²) in [5.41, 5.74) is 5.71. The normalized spacial score (nSPS) is 13.8. The number of aryl methyl sites for hydroxylation is 1. The molecule has 5 nitrogen and oxygen atoms in total. The van der Waals surface area contributed by atoms with Crippen LogP contribution in [0.4, 0.5) is 0 Å². The largest absolute Gasteiger partial charge is 0.436 e. The molecule has 0 saturated carbocycles. The van der Waals surface area contributed by atoms with E-state index in [1.54, 1.807) is 0 Å². The summed E-state index contributed by atoms with van der Waals surface area (Å²) in [5.74, 6) is 0.0432. The lowest BCUT2D eigenvalue weighted by atomic mass is 10.1. The predicted molar refractivity (Wildman–Crippen MR) is 43.5 cm³/mol. The molecule has 0 fully saturated rings. The fraction of sp³-hybridized carbons (Fsp3) is 0.714. The molecule has 0 saturated heterocycles. The third kappa shape index (κ3) is 1.55. The Morgan fingerprint density at radius 3 is 2.50 bits per heavy atom. The molecule has 0 bridgehead atoms. The fourth-order valence-corrected chi connectivity index (χ4v) is 0.784. The monoisotopic (exact) mass is 171 g/mol. The van der Waals surface area contributed by atoms with Gasteiger partial charge in [0.25, 0.3) is 0 Å². The fourth-order valence-electron chi connectivity index (χ4n) is 0.784. The average Bonchev–Trinajstić information content (AvgIpc) is 2.30. The zero-order chi connectivity index (χ0) is 9.30. The quantitative estimate of drug-likeness (QED) is 0.681. The number of hydrogen-bond acceptors (Lipinski definition) is 4. The molecule has 1 aromatic heterocycles. The van der Waals surface area contributed by atoms with Crippen LogP contribution in [0, 0.1) is 5.92 Å². The summed E-state index contributed by atoms with van der Waals surface area (Å²) in [6, 6.07) is -0.307. The Hall–Kier alpha value is -1.10. The van der Waals surface area contributed by atoms with E-state index in [9.17, 15) is 4.79 Å². The Morgan fingerprint density at radius 2 is 2.17 bits per heavy atom. The highest BCUT2D eigenvalue weighted by Gasteiger charge is 2.17. The first-order valence-electron chi connectivity index (χ1n) is 3.82. The van der Waals surface area contributed by atoms with Crippen LogP contribution in [0.25, 0.3) is 0 Å². The minimum Gasteiger partial charge on any atom is -0.391 e. The van der Waals surface area contributed by atoms with Gasteiger partial charge in [-0.2, -0.15) is 4.68 Å². The van der Waals surface area contributed by atoms with E-state index >= 15 is 0 Å². The zero-order valence-electron chi connectivity index (χ0n) is 7.44. The summed E-state index contributed by atoms with van der Waals surface area (Å²) < 4.78 is 5.95. The molecule has 12 heavy (non-hydrogen) atoms. The first kappa shape index (κ1) is 8.99. The molecule has 2 N–H and O–H groups in total. The third-order valence-corrected chi connectivity index (χ3v) is 1.71. The van der Waals surface area contributed by atoms with Crippen LogP contribution in [0.5, 0.6) is 0 Å². The van der Waals surface area contributed by atoms with Crippen molar-refractivity contribution in [3.63, 3.8) is 0 Å². The van der Waals surface area contributed by atoms with E-state index in [0.717, 1.165) is 4.68 Å². The van der Waals surface area contributed by atoms with Crippen molar-refractivity contribution in [1.29, 1.82) is 0 Å². The van der Waals surface area contributed by atoms with Crippen molar-refractivity contribution in [2.45, 2.75) is 19.9 Å². The van der Waals surface area contributed by atoms with E-state index in [1.807, 2.05) is 13.8 Å². The number of aromatic nitrogens is 2. The van der Waals surface area contributed by atoms with Gasteiger partial charge in [-0.3, -0.25) is 0 Å². The lowest BCUT2D eigenvalue weighted by molar-refractivity contribution is 0.374. The summed E-state index contributed by atoms with van der Waals surface area (Å²) in [4.78, 5) is 10.8. The van der Waals surface area contributed by atoms with Crippen LogP contribution in [-0.2, 0) is 7.05 Å². The van der Waals surface area contributed by atoms with Gasteiger partial charge in [0, 0.05) is 7.05 Å². The van der Waals surface area contributed by atoms with Gasteiger partial charge in [0.2, 0.25) is 5.89 Å². The van der Waals surface area contributed by atoms with Gasteiger partial charge < -0.3 is 10.2 Å². The first-order valence-corrected chi connectivity index (χ1v) is 3.82. The third-order valence-electron chi connectivity index (χ3n) is 1.71. The van der Waals surface area contributed by atoms with Gasteiger partial charge in [-0.1, -0.05) is 13.8 Å². The lowest BCUT2D eigenvalue weighted by Crippen LogP contribution is -2.17. The molecule has 0 aliphatic heterocycles. The first-order chi connectivity index (χ1) is 5.52. The van der Waals surface area contributed by atoms with Gasteiger partial charge in [0.15, 0.2) is 0 Å². The molecule has 0 aliphatic carbocycles. The highest BCUT2D eigenvalue weighted by molar-refractivity contribution is 4.86. The molecule has 0 aromatic carbocycles. The number of nitrogens with two attached hydrogens (primary N) is 1. The minimum absolute atomic E-state index is 0.211. The summed E-state index contributed by atoms with van der Waals surface area (Å²) >= 11 is 0.